The van der Waals surface area contributed by atoms with Crippen molar-refractivity contribution in [3.8, 4) is 0 Å². The minimum atomic E-state index is -0.0975. The van der Waals surface area contributed by atoms with E-state index in [1.54, 1.807) is 11.9 Å². The van der Waals surface area contributed by atoms with Gasteiger partial charge in [0.1, 0.15) is 0 Å². The molecule has 0 saturated heterocycles. The molecule has 0 fully saturated rings. The van der Waals surface area contributed by atoms with Gasteiger partial charge in [0.15, 0.2) is 0 Å². The van der Waals surface area contributed by atoms with Gasteiger partial charge in [0.05, 0.1) is 19.3 Å². The maximum Gasteiger partial charge on any atom is 0.317 e. The number of amides is 2. The van der Waals surface area contributed by atoms with Gasteiger partial charge in [0.25, 0.3) is 0 Å². The fraction of sp³-hybridized carbons (Fsp3) is 0.200. The van der Waals surface area contributed by atoms with Crippen LogP contribution in [-0.2, 0) is 19.6 Å². The number of aromatic nitrogens is 2. The van der Waals surface area contributed by atoms with Gasteiger partial charge in [-0.3, -0.25) is 4.68 Å². The van der Waals surface area contributed by atoms with Gasteiger partial charge in [-0.25, -0.2) is 4.79 Å². The van der Waals surface area contributed by atoms with Crippen molar-refractivity contribution in [2.75, 3.05) is 7.05 Å². The monoisotopic (exact) mass is 334 g/mol. The second kappa shape index (κ2) is 8.15. The molecule has 25 heavy (non-hydrogen) atoms. The lowest BCUT2D eigenvalue weighted by Crippen LogP contribution is -2.36. The molecule has 0 atom stereocenters. The Morgan fingerprint density at radius 3 is 2.32 bits per heavy atom. The first-order valence-corrected chi connectivity index (χ1v) is 8.29. The molecule has 1 heterocycles. The summed E-state index contributed by atoms with van der Waals surface area (Å²) in [6, 6.07) is 20.0. The molecular formula is C20H22N4O. The van der Waals surface area contributed by atoms with Crippen LogP contribution in [0.1, 0.15) is 16.7 Å². The molecule has 5 nitrogen and oxygen atoms in total. The molecule has 0 aliphatic heterocycles. The second-order valence-electron chi connectivity index (χ2n) is 6.03. The van der Waals surface area contributed by atoms with E-state index in [0.29, 0.717) is 13.1 Å². The molecule has 0 radical (unpaired) electrons. The Morgan fingerprint density at radius 2 is 1.64 bits per heavy atom. The first-order chi connectivity index (χ1) is 12.2. The van der Waals surface area contributed by atoms with Gasteiger partial charge < -0.3 is 10.2 Å². The zero-order valence-corrected chi connectivity index (χ0v) is 14.3. The van der Waals surface area contributed by atoms with Gasteiger partial charge in [-0.1, -0.05) is 60.7 Å². The predicted octanol–water partition coefficient (Wildman–Crippen LogP) is 3.27. The van der Waals surface area contributed by atoms with Crippen LogP contribution in [0.15, 0.2) is 73.1 Å². The molecule has 3 rings (SSSR count). The molecule has 0 saturated carbocycles. The maximum atomic E-state index is 12.2. The Balaban J connectivity index is 1.50. The molecular weight excluding hydrogens is 312 g/mol. The van der Waals surface area contributed by atoms with Crippen LogP contribution in [0.2, 0.25) is 0 Å². The summed E-state index contributed by atoms with van der Waals surface area (Å²) < 4.78 is 1.89. The Kier molecular flexibility index (Phi) is 5.46. The van der Waals surface area contributed by atoms with Crippen molar-refractivity contribution >= 4 is 6.03 Å². The Morgan fingerprint density at radius 1 is 1.00 bits per heavy atom. The number of nitrogens with one attached hydrogen (secondary N) is 1. The van der Waals surface area contributed by atoms with E-state index < -0.39 is 0 Å². The van der Waals surface area contributed by atoms with E-state index in [-0.39, 0.29) is 6.03 Å². The molecule has 1 N–H and O–H groups in total. The molecule has 1 aromatic heterocycles. The largest absolute Gasteiger partial charge is 0.334 e. The van der Waals surface area contributed by atoms with Crippen LogP contribution in [-0.4, -0.2) is 27.8 Å². The third kappa shape index (κ3) is 4.94. The highest BCUT2D eigenvalue weighted by Crippen LogP contribution is 2.06. The first kappa shape index (κ1) is 16.8. The van der Waals surface area contributed by atoms with E-state index in [0.717, 1.165) is 17.7 Å². The molecule has 0 aliphatic carbocycles. The number of carbonyl (C=O) groups is 1. The van der Waals surface area contributed by atoms with Crippen LogP contribution >= 0.6 is 0 Å². The van der Waals surface area contributed by atoms with E-state index in [2.05, 4.69) is 22.5 Å². The summed E-state index contributed by atoms with van der Waals surface area (Å²) >= 11 is 0. The molecule has 3 aromatic rings. The second-order valence-corrected chi connectivity index (χ2v) is 6.03. The summed E-state index contributed by atoms with van der Waals surface area (Å²) in [6.07, 6.45) is 3.79. The van der Waals surface area contributed by atoms with Crippen LogP contribution in [0.25, 0.3) is 0 Å². The number of hydrogen-bond donors (Lipinski definition) is 1. The highest BCUT2D eigenvalue weighted by molar-refractivity contribution is 5.73. The van der Waals surface area contributed by atoms with Gasteiger partial charge in [-0.05, 0) is 11.1 Å². The van der Waals surface area contributed by atoms with Gasteiger partial charge in [-0.15, -0.1) is 0 Å². The molecule has 0 aliphatic rings. The van der Waals surface area contributed by atoms with Crippen LogP contribution < -0.4 is 5.32 Å². The van der Waals surface area contributed by atoms with E-state index in [1.807, 2.05) is 65.6 Å². The van der Waals surface area contributed by atoms with E-state index in [9.17, 15) is 4.79 Å². The number of urea groups is 1. The molecule has 2 aromatic carbocycles. The van der Waals surface area contributed by atoms with Gasteiger partial charge >= 0.3 is 6.03 Å². The van der Waals surface area contributed by atoms with Crippen LogP contribution in [0.4, 0.5) is 4.79 Å². The Hall–Kier alpha value is -3.08. The van der Waals surface area contributed by atoms with Crippen molar-refractivity contribution < 1.29 is 4.79 Å². The molecule has 5 heteroatoms. The lowest BCUT2D eigenvalue weighted by atomic mass is 10.2. The first-order valence-electron chi connectivity index (χ1n) is 8.29. The Bertz CT molecular complexity index is 799. The third-order valence-corrected chi connectivity index (χ3v) is 3.93. The lowest BCUT2D eigenvalue weighted by Gasteiger charge is -2.17. The van der Waals surface area contributed by atoms with Crippen molar-refractivity contribution in [1.29, 1.82) is 0 Å². The summed E-state index contributed by atoms with van der Waals surface area (Å²) in [7, 11) is 1.79. The van der Waals surface area contributed by atoms with Crippen LogP contribution in [0.3, 0.4) is 0 Å². The summed E-state index contributed by atoms with van der Waals surface area (Å²) in [4.78, 5) is 13.9. The van der Waals surface area contributed by atoms with Crippen molar-refractivity contribution in [2.45, 2.75) is 19.6 Å². The minimum absolute atomic E-state index is 0.0975. The quantitative estimate of drug-likeness (QED) is 0.752. The number of carbonyl (C=O) groups excluding carboxylic acids is 1. The number of hydrogen-bond acceptors (Lipinski definition) is 2. The standard InChI is InChI=1S/C20H22N4O/c1-23(20(25)21-12-17-8-4-2-5-9-17)14-19-13-22-24(16-19)15-18-10-6-3-7-11-18/h2-11,13,16H,12,14-15H2,1H3,(H,21,25). The van der Waals surface area contributed by atoms with Gasteiger partial charge in [0, 0.05) is 25.4 Å². The molecule has 128 valence electrons. The van der Waals surface area contributed by atoms with Crippen molar-refractivity contribution in [2.24, 2.45) is 0 Å². The average molecular weight is 334 g/mol. The summed E-state index contributed by atoms with van der Waals surface area (Å²) in [5, 5.41) is 7.30. The highest BCUT2D eigenvalue weighted by atomic mass is 16.2. The number of rotatable bonds is 6. The molecule has 0 spiro atoms. The number of nitrogens with zero attached hydrogens (tertiary/aromatic N) is 3. The van der Waals surface area contributed by atoms with Crippen molar-refractivity contribution in [3.05, 3.63) is 89.7 Å². The van der Waals surface area contributed by atoms with Gasteiger partial charge in [-0.2, -0.15) is 5.10 Å². The summed E-state index contributed by atoms with van der Waals surface area (Å²) in [5.41, 5.74) is 3.29. The van der Waals surface area contributed by atoms with Crippen molar-refractivity contribution in [3.63, 3.8) is 0 Å². The Labute approximate surface area is 147 Å². The molecule has 2 amide bonds. The smallest absolute Gasteiger partial charge is 0.317 e. The average Bonchev–Trinajstić information content (AvgIpc) is 3.08. The van der Waals surface area contributed by atoms with Gasteiger partial charge in [0.2, 0.25) is 0 Å². The molecule has 0 bridgehead atoms. The lowest BCUT2D eigenvalue weighted by molar-refractivity contribution is 0.206. The van der Waals surface area contributed by atoms with Crippen LogP contribution in [0, 0.1) is 0 Å². The SMILES string of the molecule is CN(Cc1cnn(Cc2ccccc2)c1)C(=O)NCc1ccccc1. The normalized spacial score (nSPS) is 10.4. The highest BCUT2D eigenvalue weighted by Gasteiger charge is 2.10. The topological polar surface area (TPSA) is 50.2 Å². The zero-order valence-electron chi connectivity index (χ0n) is 14.3. The number of benzene rings is 2. The molecule has 0 unspecified atom stereocenters. The minimum Gasteiger partial charge on any atom is -0.334 e. The predicted molar refractivity (Wildman–Crippen MR) is 97.9 cm³/mol. The zero-order chi connectivity index (χ0) is 17.5. The maximum absolute atomic E-state index is 12.2. The fourth-order valence-corrected chi connectivity index (χ4v) is 2.60. The van der Waals surface area contributed by atoms with E-state index >= 15 is 0 Å². The van der Waals surface area contributed by atoms with E-state index in [1.165, 1.54) is 5.56 Å². The summed E-state index contributed by atoms with van der Waals surface area (Å²) in [5.74, 6) is 0. The summed E-state index contributed by atoms with van der Waals surface area (Å²) in [6.45, 7) is 1.78. The fourth-order valence-electron chi connectivity index (χ4n) is 2.60. The third-order valence-electron chi connectivity index (χ3n) is 3.93. The van der Waals surface area contributed by atoms with E-state index in [4.69, 9.17) is 0 Å². The van der Waals surface area contributed by atoms with Crippen molar-refractivity contribution in [1.82, 2.24) is 20.0 Å². The van der Waals surface area contributed by atoms with Crippen LogP contribution in [0.5, 0.6) is 0 Å².